The van der Waals surface area contributed by atoms with E-state index in [1.165, 1.54) is 0 Å². The number of fused-ring (bicyclic) bond motifs is 2. The van der Waals surface area contributed by atoms with E-state index in [0.29, 0.717) is 16.8 Å². The van der Waals surface area contributed by atoms with E-state index in [1.54, 1.807) is 6.07 Å². The van der Waals surface area contributed by atoms with Gasteiger partial charge < -0.3 is 15.5 Å². The predicted octanol–water partition coefficient (Wildman–Crippen LogP) is 5.80. The number of anilines is 3. The van der Waals surface area contributed by atoms with Crippen LogP contribution in [0.5, 0.6) is 0 Å². The Bertz CT molecular complexity index is 1420. The fraction of sp³-hybridized carbons (Fsp3) is 0.344. The molecule has 7 heteroatoms. The van der Waals surface area contributed by atoms with Gasteiger partial charge in [0, 0.05) is 48.5 Å². The molecule has 0 spiro atoms. The van der Waals surface area contributed by atoms with Crippen LogP contribution in [0.4, 0.5) is 17.1 Å². The van der Waals surface area contributed by atoms with Gasteiger partial charge in [-0.2, -0.15) is 5.26 Å². The maximum absolute atomic E-state index is 13.0. The first-order chi connectivity index (χ1) is 18.9. The molecule has 0 aromatic heterocycles. The second kappa shape index (κ2) is 11.3. The van der Waals surface area contributed by atoms with Gasteiger partial charge in [-0.1, -0.05) is 50.2 Å². The molecule has 0 radical (unpaired) electrons. The smallest absolute Gasteiger partial charge is 0.256 e. The molecule has 7 nitrogen and oxygen atoms in total. The number of benzene rings is 3. The lowest BCUT2D eigenvalue weighted by Crippen LogP contribution is -2.53. The van der Waals surface area contributed by atoms with Gasteiger partial charge in [-0.05, 0) is 61.2 Å². The van der Waals surface area contributed by atoms with Crippen LogP contribution in [0.15, 0.2) is 66.7 Å². The number of carbonyl (C=O) groups is 2. The summed E-state index contributed by atoms with van der Waals surface area (Å²) in [6.45, 7) is 8.47. The highest BCUT2D eigenvalue weighted by Crippen LogP contribution is 2.39. The number of hydrogen-bond donors (Lipinski definition) is 2. The summed E-state index contributed by atoms with van der Waals surface area (Å²) in [6, 6.07) is 23.9. The lowest BCUT2D eigenvalue weighted by Gasteiger charge is -2.45. The van der Waals surface area contributed by atoms with E-state index in [0.717, 1.165) is 55.0 Å². The number of para-hydroxylation sites is 1. The molecule has 2 atom stereocenters. The maximum atomic E-state index is 13.0. The SMILES string of the molecule is CCC(CC)C(=O)Nc1ccc(N2CCN(C3c4ccccc4NC(=O)c4ccccc43)CC2C)c(C#N)c1. The fourth-order valence-corrected chi connectivity index (χ4v) is 5.98. The van der Waals surface area contributed by atoms with Gasteiger partial charge in [-0.15, -0.1) is 0 Å². The summed E-state index contributed by atoms with van der Waals surface area (Å²) >= 11 is 0. The highest BCUT2D eigenvalue weighted by molar-refractivity contribution is 6.07. The molecule has 2 heterocycles. The Balaban J connectivity index is 1.40. The van der Waals surface area contributed by atoms with E-state index in [4.69, 9.17) is 0 Å². The molecule has 5 rings (SSSR count). The van der Waals surface area contributed by atoms with Crippen molar-refractivity contribution in [3.05, 3.63) is 89.0 Å². The van der Waals surface area contributed by atoms with Gasteiger partial charge in [0.1, 0.15) is 6.07 Å². The van der Waals surface area contributed by atoms with E-state index in [-0.39, 0.29) is 29.8 Å². The van der Waals surface area contributed by atoms with Crippen LogP contribution in [0.3, 0.4) is 0 Å². The van der Waals surface area contributed by atoms with Crippen LogP contribution in [0.1, 0.15) is 66.7 Å². The number of hydrogen-bond acceptors (Lipinski definition) is 5. The van der Waals surface area contributed by atoms with Crippen molar-refractivity contribution in [2.24, 2.45) is 5.92 Å². The van der Waals surface area contributed by atoms with Crippen molar-refractivity contribution in [3.8, 4) is 6.07 Å². The van der Waals surface area contributed by atoms with Crippen LogP contribution in [-0.4, -0.2) is 42.4 Å². The summed E-state index contributed by atoms with van der Waals surface area (Å²) in [5, 5.41) is 16.1. The van der Waals surface area contributed by atoms with Crippen LogP contribution in [0, 0.1) is 17.2 Å². The fourth-order valence-electron chi connectivity index (χ4n) is 5.98. The average molecular weight is 522 g/mol. The minimum Gasteiger partial charge on any atom is -0.365 e. The van der Waals surface area contributed by atoms with Gasteiger partial charge in [-0.3, -0.25) is 14.5 Å². The number of rotatable bonds is 6. The molecule has 0 bridgehead atoms. The Morgan fingerprint density at radius 2 is 1.77 bits per heavy atom. The first kappa shape index (κ1) is 26.5. The molecule has 0 saturated carbocycles. The third-order valence-electron chi connectivity index (χ3n) is 8.08. The summed E-state index contributed by atoms with van der Waals surface area (Å²) in [4.78, 5) is 30.3. The van der Waals surface area contributed by atoms with Crippen molar-refractivity contribution in [2.45, 2.75) is 45.7 Å². The Morgan fingerprint density at radius 3 is 2.49 bits per heavy atom. The Kier molecular flexibility index (Phi) is 7.67. The standard InChI is InChI=1S/C32H35N5O2/c1-4-22(5-2)31(38)34-24-14-15-29(23(18-24)19-33)37-17-16-36(20-21(37)3)30-25-10-6-7-11-26(25)32(39)35-28-13-9-8-12-27(28)30/h6-15,18,21-22,30H,4-5,16-17,20H2,1-3H3,(H,34,38)(H,35,39). The Hall–Kier alpha value is -4.15. The van der Waals surface area contributed by atoms with Crippen LogP contribution in [0.2, 0.25) is 0 Å². The molecule has 3 aromatic rings. The van der Waals surface area contributed by atoms with E-state index >= 15 is 0 Å². The van der Waals surface area contributed by atoms with Crippen LogP contribution < -0.4 is 15.5 Å². The van der Waals surface area contributed by atoms with Crippen molar-refractivity contribution in [1.82, 2.24) is 4.90 Å². The molecule has 2 amide bonds. The molecule has 2 aliphatic rings. The highest BCUT2D eigenvalue weighted by atomic mass is 16.2. The first-order valence-corrected chi connectivity index (χ1v) is 13.8. The average Bonchev–Trinajstić information content (AvgIpc) is 3.07. The van der Waals surface area contributed by atoms with Gasteiger partial charge in [0.05, 0.1) is 17.3 Å². The zero-order chi connectivity index (χ0) is 27.5. The topological polar surface area (TPSA) is 88.5 Å². The minimum atomic E-state index is -0.0812. The molecule has 0 aliphatic carbocycles. The van der Waals surface area contributed by atoms with Crippen molar-refractivity contribution < 1.29 is 9.59 Å². The monoisotopic (exact) mass is 521 g/mol. The number of amides is 2. The lowest BCUT2D eigenvalue weighted by molar-refractivity contribution is -0.120. The number of nitrogens with one attached hydrogen (secondary N) is 2. The zero-order valence-electron chi connectivity index (χ0n) is 22.8. The number of carbonyl (C=O) groups excluding carboxylic acids is 2. The second-order valence-corrected chi connectivity index (χ2v) is 10.4. The van der Waals surface area contributed by atoms with E-state index < -0.39 is 0 Å². The summed E-state index contributed by atoms with van der Waals surface area (Å²) in [7, 11) is 0. The van der Waals surface area contributed by atoms with Crippen molar-refractivity contribution in [3.63, 3.8) is 0 Å². The van der Waals surface area contributed by atoms with Crippen molar-refractivity contribution >= 4 is 28.9 Å². The molecule has 2 aliphatic heterocycles. The molecule has 2 unspecified atom stereocenters. The first-order valence-electron chi connectivity index (χ1n) is 13.8. The quantitative estimate of drug-likeness (QED) is 0.428. The third kappa shape index (κ3) is 5.13. The third-order valence-corrected chi connectivity index (χ3v) is 8.08. The highest BCUT2D eigenvalue weighted by Gasteiger charge is 2.35. The molecule has 1 saturated heterocycles. The largest absolute Gasteiger partial charge is 0.365 e. The Morgan fingerprint density at radius 1 is 1.05 bits per heavy atom. The molecule has 39 heavy (non-hydrogen) atoms. The van der Waals surface area contributed by atoms with Gasteiger partial charge in [0.25, 0.3) is 5.91 Å². The normalized spacial score (nSPS) is 18.9. The van der Waals surface area contributed by atoms with Crippen LogP contribution in [-0.2, 0) is 4.79 Å². The summed E-state index contributed by atoms with van der Waals surface area (Å²) in [5.41, 5.74) is 5.73. The predicted molar refractivity (Wildman–Crippen MR) is 155 cm³/mol. The molecule has 3 aromatic carbocycles. The summed E-state index contributed by atoms with van der Waals surface area (Å²) in [6.07, 6.45) is 1.57. The van der Waals surface area contributed by atoms with E-state index in [2.05, 4.69) is 45.6 Å². The maximum Gasteiger partial charge on any atom is 0.256 e. The van der Waals surface area contributed by atoms with Gasteiger partial charge >= 0.3 is 0 Å². The summed E-state index contributed by atoms with van der Waals surface area (Å²) in [5.74, 6) is -0.120. The lowest BCUT2D eigenvalue weighted by atomic mass is 9.92. The minimum absolute atomic E-state index is 0.00411. The van der Waals surface area contributed by atoms with Gasteiger partial charge in [0.2, 0.25) is 5.91 Å². The van der Waals surface area contributed by atoms with E-state index in [1.807, 2.05) is 62.4 Å². The summed E-state index contributed by atoms with van der Waals surface area (Å²) < 4.78 is 0. The number of nitrogens with zero attached hydrogens (tertiary/aromatic N) is 3. The van der Waals surface area contributed by atoms with Crippen molar-refractivity contribution in [2.75, 3.05) is 35.2 Å². The Labute approximate surface area is 230 Å². The molecular formula is C32H35N5O2. The van der Waals surface area contributed by atoms with Gasteiger partial charge in [-0.25, -0.2) is 0 Å². The van der Waals surface area contributed by atoms with Crippen LogP contribution >= 0.6 is 0 Å². The molecule has 2 N–H and O–H groups in total. The van der Waals surface area contributed by atoms with Crippen molar-refractivity contribution in [1.29, 1.82) is 5.26 Å². The van der Waals surface area contributed by atoms with Gasteiger partial charge in [0.15, 0.2) is 0 Å². The second-order valence-electron chi connectivity index (χ2n) is 10.4. The molecule has 1 fully saturated rings. The number of piperazine rings is 1. The zero-order valence-corrected chi connectivity index (χ0v) is 22.8. The molecular weight excluding hydrogens is 486 g/mol. The van der Waals surface area contributed by atoms with Crippen LogP contribution in [0.25, 0.3) is 0 Å². The number of nitriles is 1. The molecule has 200 valence electrons. The van der Waals surface area contributed by atoms with E-state index in [9.17, 15) is 14.9 Å².